The highest BCUT2D eigenvalue weighted by molar-refractivity contribution is 8.00. The highest BCUT2D eigenvalue weighted by atomic mass is 35.5. The fourth-order valence-corrected chi connectivity index (χ4v) is 3.27. The van der Waals surface area contributed by atoms with Crippen LogP contribution in [0.2, 0.25) is 10.0 Å². The SMILES string of the molecule is CC(=O)Nc1cccc(CNC(=O)CSc2cc(Cl)ccc2Cl)c1. The summed E-state index contributed by atoms with van der Waals surface area (Å²) >= 11 is 13.3. The van der Waals surface area contributed by atoms with Crippen LogP contribution in [0.15, 0.2) is 47.4 Å². The lowest BCUT2D eigenvalue weighted by Crippen LogP contribution is -2.24. The van der Waals surface area contributed by atoms with Gasteiger partial charge in [-0.3, -0.25) is 9.59 Å². The van der Waals surface area contributed by atoms with E-state index in [1.165, 1.54) is 18.7 Å². The molecule has 0 atom stereocenters. The Kier molecular flexibility index (Phi) is 6.97. The quantitative estimate of drug-likeness (QED) is 0.729. The number of carbonyl (C=O) groups is 2. The summed E-state index contributed by atoms with van der Waals surface area (Å²) in [6.07, 6.45) is 0. The van der Waals surface area contributed by atoms with Crippen molar-refractivity contribution in [3.63, 3.8) is 0 Å². The second-order valence-electron chi connectivity index (χ2n) is 5.02. The van der Waals surface area contributed by atoms with Gasteiger partial charge in [-0.2, -0.15) is 0 Å². The third kappa shape index (κ3) is 6.07. The highest BCUT2D eigenvalue weighted by Gasteiger charge is 2.07. The summed E-state index contributed by atoms with van der Waals surface area (Å²) in [5.74, 6) is -0.00204. The Morgan fingerprint density at radius 3 is 2.67 bits per heavy atom. The van der Waals surface area contributed by atoms with Gasteiger partial charge in [0.1, 0.15) is 0 Å². The molecule has 0 aromatic heterocycles. The van der Waals surface area contributed by atoms with E-state index in [4.69, 9.17) is 23.2 Å². The van der Waals surface area contributed by atoms with Gasteiger partial charge in [0.25, 0.3) is 0 Å². The van der Waals surface area contributed by atoms with E-state index in [0.29, 0.717) is 22.3 Å². The van der Waals surface area contributed by atoms with E-state index in [2.05, 4.69) is 10.6 Å². The molecule has 0 unspecified atom stereocenters. The van der Waals surface area contributed by atoms with E-state index in [9.17, 15) is 9.59 Å². The van der Waals surface area contributed by atoms with Crippen LogP contribution in [0.1, 0.15) is 12.5 Å². The number of nitrogens with one attached hydrogen (secondary N) is 2. The zero-order valence-corrected chi connectivity index (χ0v) is 15.3. The van der Waals surface area contributed by atoms with Gasteiger partial charge in [-0.05, 0) is 35.9 Å². The van der Waals surface area contributed by atoms with E-state index in [1.807, 2.05) is 18.2 Å². The zero-order valence-electron chi connectivity index (χ0n) is 12.9. The van der Waals surface area contributed by atoms with Crippen molar-refractivity contribution in [2.75, 3.05) is 11.1 Å². The summed E-state index contributed by atoms with van der Waals surface area (Å²) in [4.78, 5) is 23.8. The molecule has 0 aliphatic rings. The fraction of sp³-hybridized carbons (Fsp3) is 0.176. The van der Waals surface area contributed by atoms with Crippen molar-refractivity contribution < 1.29 is 9.59 Å². The molecule has 0 radical (unpaired) electrons. The number of carbonyl (C=O) groups excluding carboxylic acids is 2. The number of rotatable bonds is 6. The molecule has 126 valence electrons. The highest BCUT2D eigenvalue weighted by Crippen LogP contribution is 2.29. The molecule has 24 heavy (non-hydrogen) atoms. The van der Waals surface area contributed by atoms with Crippen LogP contribution in [0.5, 0.6) is 0 Å². The first-order chi connectivity index (χ1) is 11.4. The van der Waals surface area contributed by atoms with Crippen molar-refractivity contribution in [1.29, 1.82) is 0 Å². The van der Waals surface area contributed by atoms with Crippen LogP contribution in [0.4, 0.5) is 5.69 Å². The molecule has 2 N–H and O–H groups in total. The standard InChI is InChI=1S/C17H16Cl2N2O2S/c1-11(22)21-14-4-2-3-12(7-14)9-20-17(23)10-24-16-8-13(18)5-6-15(16)19/h2-8H,9-10H2,1H3,(H,20,23)(H,21,22). The molecule has 7 heteroatoms. The van der Waals surface area contributed by atoms with Gasteiger partial charge >= 0.3 is 0 Å². The van der Waals surface area contributed by atoms with Crippen LogP contribution >= 0.6 is 35.0 Å². The van der Waals surface area contributed by atoms with E-state index in [-0.39, 0.29) is 17.6 Å². The van der Waals surface area contributed by atoms with Gasteiger partial charge in [-0.25, -0.2) is 0 Å². The number of benzene rings is 2. The van der Waals surface area contributed by atoms with Gasteiger partial charge in [0.2, 0.25) is 11.8 Å². The lowest BCUT2D eigenvalue weighted by atomic mass is 10.2. The lowest BCUT2D eigenvalue weighted by molar-refractivity contribution is -0.118. The molecule has 0 heterocycles. The predicted octanol–water partition coefficient (Wildman–Crippen LogP) is 4.36. The van der Waals surface area contributed by atoms with Crippen molar-refractivity contribution in [3.05, 3.63) is 58.1 Å². The maximum Gasteiger partial charge on any atom is 0.230 e. The van der Waals surface area contributed by atoms with E-state index >= 15 is 0 Å². The summed E-state index contributed by atoms with van der Waals surface area (Å²) < 4.78 is 0. The Morgan fingerprint density at radius 1 is 1.12 bits per heavy atom. The number of halogens is 2. The molecule has 0 saturated carbocycles. The minimum absolute atomic E-state index is 0.110. The van der Waals surface area contributed by atoms with Crippen molar-refractivity contribution in [2.24, 2.45) is 0 Å². The summed E-state index contributed by atoms with van der Waals surface area (Å²) in [7, 11) is 0. The van der Waals surface area contributed by atoms with E-state index in [1.54, 1.807) is 24.3 Å². The summed E-state index contributed by atoms with van der Waals surface area (Å²) in [6.45, 7) is 1.84. The number of hydrogen-bond acceptors (Lipinski definition) is 3. The molecular formula is C17H16Cl2N2O2S. The minimum Gasteiger partial charge on any atom is -0.351 e. The fourth-order valence-electron chi connectivity index (χ4n) is 1.95. The monoisotopic (exact) mass is 382 g/mol. The average Bonchev–Trinajstić information content (AvgIpc) is 2.53. The van der Waals surface area contributed by atoms with Crippen molar-refractivity contribution >= 4 is 52.5 Å². The molecule has 4 nitrogen and oxygen atoms in total. The number of hydrogen-bond donors (Lipinski definition) is 2. The number of thioether (sulfide) groups is 1. The molecule has 0 fully saturated rings. The molecular weight excluding hydrogens is 367 g/mol. The zero-order chi connectivity index (χ0) is 17.5. The summed E-state index contributed by atoms with van der Waals surface area (Å²) in [6, 6.07) is 12.5. The van der Waals surface area contributed by atoms with E-state index < -0.39 is 0 Å². The number of anilines is 1. The Hall–Kier alpha value is -1.69. The Balaban J connectivity index is 1.85. The third-order valence-electron chi connectivity index (χ3n) is 2.99. The average molecular weight is 383 g/mol. The van der Waals surface area contributed by atoms with Gasteiger partial charge in [0.15, 0.2) is 0 Å². The largest absolute Gasteiger partial charge is 0.351 e. The Labute approximate surface area is 154 Å². The molecule has 0 bridgehead atoms. The van der Waals surface area contributed by atoms with Crippen LogP contribution in [-0.2, 0) is 16.1 Å². The maximum atomic E-state index is 12.0. The Bertz CT molecular complexity index is 753. The van der Waals surface area contributed by atoms with Crippen LogP contribution in [0.25, 0.3) is 0 Å². The maximum absolute atomic E-state index is 12.0. The molecule has 0 spiro atoms. The molecule has 2 amide bonds. The second kappa shape index (κ2) is 8.97. The topological polar surface area (TPSA) is 58.2 Å². The second-order valence-corrected chi connectivity index (χ2v) is 6.88. The minimum atomic E-state index is -0.133. The van der Waals surface area contributed by atoms with Crippen LogP contribution in [-0.4, -0.2) is 17.6 Å². The predicted molar refractivity (Wildman–Crippen MR) is 99.8 cm³/mol. The van der Waals surface area contributed by atoms with Crippen molar-refractivity contribution in [1.82, 2.24) is 5.32 Å². The normalized spacial score (nSPS) is 10.3. The summed E-state index contributed by atoms with van der Waals surface area (Å²) in [5.41, 5.74) is 1.61. The van der Waals surface area contributed by atoms with Crippen LogP contribution < -0.4 is 10.6 Å². The lowest BCUT2D eigenvalue weighted by Gasteiger charge is -2.08. The molecule has 0 saturated heterocycles. The molecule has 2 aromatic carbocycles. The van der Waals surface area contributed by atoms with Gasteiger partial charge in [-0.15, -0.1) is 11.8 Å². The van der Waals surface area contributed by atoms with Gasteiger partial charge in [-0.1, -0.05) is 35.3 Å². The third-order valence-corrected chi connectivity index (χ3v) is 4.72. The molecule has 2 rings (SSSR count). The van der Waals surface area contributed by atoms with Gasteiger partial charge in [0, 0.05) is 29.1 Å². The molecule has 2 aromatic rings. The van der Waals surface area contributed by atoms with Crippen molar-refractivity contribution in [2.45, 2.75) is 18.4 Å². The van der Waals surface area contributed by atoms with E-state index in [0.717, 1.165) is 10.5 Å². The first-order valence-corrected chi connectivity index (χ1v) is 8.89. The Morgan fingerprint density at radius 2 is 1.92 bits per heavy atom. The summed E-state index contributed by atoms with van der Waals surface area (Å²) in [5, 5.41) is 6.69. The van der Waals surface area contributed by atoms with Crippen LogP contribution in [0.3, 0.4) is 0 Å². The van der Waals surface area contributed by atoms with Gasteiger partial charge < -0.3 is 10.6 Å². The molecule has 0 aliphatic carbocycles. The molecule has 0 aliphatic heterocycles. The first-order valence-electron chi connectivity index (χ1n) is 7.15. The van der Waals surface area contributed by atoms with Gasteiger partial charge in [0.05, 0.1) is 10.8 Å². The smallest absolute Gasteiger partial charge is 0.230 e. The first kappa shape index (κ1) is 18.6. The van der Waals surface area contributed by atoms with Crippen molar-refractivity contribution in [3.8, 4) is 0 Å². The number of amides is 2. The van der Waals surface area contributed by atoms with Crippen LogP contribution in [0, 0.1) is 0 Å².